The van der Waals surface area contributed by atoms with E-state index in [1.165, 1.54) is 6.07 Å². The molecule has 0 aliphatic heterocycles. The van der Waals surface area contributed by atoms with Crippen molar-refractivity contribution in [3.05, 3.63) is 54.1 Å². The molecule has 1 saturated carbocycles. The van der Waals surface area contributed by atoms with Crippen LogP contribution in [0.1, 0.15) is 12.0 Å². The van der Waals surface area contributed by atoms with E-state index in [4.69, 9.17) is 0 Å². The predicted octanol–water partition coefficient (Wildman–Crippen LogP) is 3.95. The molecule has 0 bridgehead atoms. The number of rotatable bonds is 5. The third-order valence-electron chi connectivity index (χ3n) is 4.53. The summed E-state index contributed by atoms with van der Waals surface area (Å²) in [5.41, 5.74) is 2.23. The molecule has 0 radical (unpaired) electrons. The molecule has 1 aliphatic rings. The highest BCUT2D eigenvalue weighted by molar-refractivity contribution is 5.94. The van der Waals surface area contributed by atoms with E-state index in [9.17, 15) is 18.0 Å². The van der Waals surface area contributed by atoms with Crippen molar-refractivity contribution in [2.24, 2.45) is 5.92 Å². The molecule has 4 nitrogen and oxygen atoms in total. The minimum absolute atomic E-state index is 0.00291. The van der Waals surface area contributed by atoms with Crippen LogP contribution in [0.4, 0.5) is 19.0 Å². The van der Waals surface area contributed by atoms with Crippen molar-refractivity contribution in [1.29, 1.82) is 0 Å². The van der Waals surface area contributed by atoms with E-state index >= 15 is 0 Å². The second-order valence-electron chi connectivity index (χ2n) is 6.36. The summed E-state index contributed by atoms with van der Waals surface area (Å²) in [6.07, 6.45) is 2.53. The number of imidazole rings is 1. The van der Waals surface area contributed by atoms with Gasteiger partial charge in [-0.1, -0.05) is 12.1 Å². The zero-order valence-corrected chi connectivity index (χ0v) is 13.8. The number of nitrogens with one attached hydrogen (secondary N) is 1. The van der Waals surface area contributed by atoms with Gasteiger partial charge in [0.15, 0.2) is 5.82 Å². The van der Waals surface area contributed by atoms with Gasteiger partial charge in [0, 0.05) is 12.6 Å². The Morgan fingerprint density at radius 2 is 2.08 bits per heavy atom. The average molecular weight is 358 g/mol. The number of pyridine rings is 1. The number of alkyl halides is 2. The van der Waals surface area contributed by atoms with E-state index < -0.39 is 24.6 Å². The van der Waals surface area contributed by atoms with Crippen molar-refractivity contribution in [2.45, 2.75) is 19.0 Å². The third-order valence-corrected chi connectivity index (χ3v) is 4.53. The number of amides is 1. The van der Waals surface area contributed by atoms with E-state index in [1.807, 2.05) is 0 Å². The number of carbonyl (C=O) groups excluding carboxylic acids is 1. The molecule has 1 fully saturated rings. The summed E-state index contributed by atoms with van der Waals surface area (Å²) < 4.78 is 41.5. The second-order valence-corrected chi connectivity index (χ2v) is 6.36. The second kappa shape index (κ2) is 6.48. The Balaban J connectivity index is 1.66. The summed E-state index contributed by atoms with van der Waals surface area (Å²) in [5, 5.41) is 2.60. The molecule has 1 amide bonds. The van der Waals surface area contributed by atoms with Gasteiger partial charge in [0.05, 0.1) is 18.8 Å². The zero-order chi connectivity index (χ0) is 18.3. The van der Waals surface area contributed by atoms with E-state index in [0.29, 0.717) is 28.2 Å². The first-order chi connectivity index (χ1) is 12.6. The Hall–Kier alpha value is -2.83. The molecule has 7 heteroatoms. The quantitative estimate of drug-likeness (QED) is 0.751. The maximum atomic E-state index is 14.0. The number of aromatic nitrogens is 2. The largest absolute Gasteiger partial charge is 0.309 e. The molecule has 26 heavy (non-hydrogen) atoms. The lowest BCUT2D eigenvalue weighted by molar-refractivity contribution is -0.117. The van der Waals surface area contributed by atoms with Gasteiger partial charge in [0.25, 0.3) is 0 Å². The van der Waals surface area contributed by atoms with E-state index in [0.717, 1.165) is 0 Å². The zero-order valence-electron chi connectivity index (χ0n) is 13.8. The Bertz CT molecular complexity index is 985. The van der Waals surface area contributed by atoms with E-state index in [2.05, 4.69) is 10.3 Å². The van der Waals surface area contributed by atoms with Gasteiger partial charge in [-0.3, -0.25) is 9.18 Å². The molecule has 2 aromatic heterocycles. The van der Waals surface area contributed by atoms with Crippen LogP contribution in [0.5, 0.6) is 0 Å². The molecule has 1 aromatic carbocycles. The summed E-state index contributed by atoms with van der Waals surface area (Å²) in [7, 11) is 0. The molecule has 0 spiro atoms. The first kappa shape index (κ1) is 16.6. The highest BCUT2D eigenvalue weighted by atomic mass is 19.1. The normalized spacial score (nSPS) is 18.9. The molecular weight excluding hydrogens is 342 g/mol. The minimum Gasteiger partial charge on any atom is -0.309 e. The predicted molar refractivity (Wildman–Crippen MR) is 91.9 cm³/mol. The van der Waals surface area contributed by atoms with Crippen LogP contribution >= 0.6 is 0 Å². The molecule has 1 aliphatic carbocycles. The van der Waals surface area contributed by atoms with Gasteiger partial charge in [-0.2, -0.15) is 0 Å². The number of anilines is 1. The molecule has 3 aromatic rings. The summed E-state index contributed by atoms with van der Waals surface area (Å²) in [6.45, 7) is -0.645. The average Bonchev–Trinajstić information content (AvgIpc) is 3.22. The number of carbonyl (C=O) groups is 1. The molecule has 0 unspecified atom stereocenters. The maximum absolute atomic E-state index is 14.0. The number of nitrogens with zero attached hydrogens (tertiary/aromatic N) is 2. The number of hydrogen-bond donors (Lipinski definition) is 1. The van der Waals surface area contributed by atoms with Crippen molar-refractivity contribution in [3.63, 3.8) is 0 Å². The molecule has 4 rings (SSSR count). The van der Waals surface area contributed by atoms with E-state index in [-0.39, 0.29) is 18.7 Å². The molecular formula is C19H16F3N3O. The fourth-order valence-electron chi connectivity index (χ4n) is 3.04. The summed E-state index contributed by atoms with van der Waals surface area (Å²) in [4.78, 5) is 16.1. The van der Waals surface area contributed by atoms with Crippen LogP contribution in [0.3, 0.4) is 0 Å². The van der Waals surface area contributed by atoms with Crippen molar-refractivity contribution < 1.29 is 18.0 Å². The van der Waals surface area contributed by atoms with Crippen LogP contribution in [0, 0.1) is 11.7 Å². The van der Waals surface area contributed by atoms with Crippen molar-refractivity contribution in [1.82, 2.24) is 9.38 Å². The van der Waals surface area contributed by atoms with Crippen molar-refractivity contribution in [2.75, 3.05) is 12.0 Å². The van der Waals surface area contributed by atoms with Crippen LogP contribution in [0.2, 0.25) is 0 Å². The first-order valence-corrected chi connectivity index (χ1v) is 8.34. The number of hydrogen-bond acceptors (Lipinski definition) is 2. The van der Waals surface area contributed by atoms with E-state index in [1.54, 1.807) is 41.1 Å². The fraction of sp³-hybridized carbons (Fsp3) is 0.263. The third kappa shape index (κ3) is 3.05. The van der Waals surface area contributed by atoms with Gasteiger partial charge in [0.1, 0.15) is 17.6 Å². The Kier molecular flexibility index (Phi) is 4.14. The lowest BCUT2D eigenvalue weighted by Gasteiger charge is -2.10. The lowest BCUT2D eigenvalue weighted by atomic mass is 9.98. The number of halogens is 3. The maximum Gasteiger partial charge on any atom is 0.231 e. The Labute approximate surface area is 147 Å². The monoisotopic (exact) mass is 358 g/mol. The standard InChI is InChI=1S/C19H16F3N3O/c20-7-6-13-12(2-1-3-15(13)21)11-4-5-18-23-17(10-25(18)9-11)24-19(26)14-8-16(14)22/h1-5,9-10,14,16H,6-8H2,(H,24,26)/t14-,16+/m1/s1/i20-1. The summed E-state index contributed by atoms with van der Waals surface area (Å²) in [6, 6.07) is 8.13. The summed E-state index contributed by atoms with van der Waals surface area (Å²) in [5.74, 6) is -1.08. The molecule has 1 N–H and O–H groups in total. The van der Waals surface area contributed by atoms with Crippen LogP contribution in [0.15, 0.2) is 42.7 Å². The van der Waals surface area contributed by atoms with Crippen LogP contribution in [0.25, 0.3) is 16.8 Å². The van der Waals surface area contributed by atoms with Gasteiger partial charge >= 0.3 is 0 Å². The van der Waals surface area contributed by atoms with Gasteiger partial charge in [-0.25, -0.2) is 13.8 Å². The van der Waals surface area contributed by atoms with Gasteiger partial charge in [-0.05, 0) is 41.3 Å². The number of benzene rings is 1. The first-order valence-electron chi connectivity index (χ1n) is 8.34. The van der Waals surface area contributed by atoms with Crippen LogP contribution in [-0.4, -0.2) is 28.1 Å². The van der Waals surface area contributed by atoms with Crippen molar-refractivity contribution >= 4 is 17.4 Å². The molecule has 2 atom stereocenters. The Morgan fingerprint density at radius 3 is 2.81 bits per heavy atom. The van der Waals surface area contributed by atoms with Gasteiger partial charge < -0.3 is 9.72 Å². The smallest absolute Gasteiger partial charge is 0.231 e. The van der Waals surface area contributed by atoms with Crippen LogP contribution in [-0.2, 0) is 11.2 Å². The van der Waals surface area contributed by atoms with Crippen LogP contribution < -0.4 is 5.32 Å². The Morgan fingerprint density at radius 1 is 1.27 bits per heavy atom. The van der Waals surface area contributed by atoms with Crippen molar-refractivity contribution in [3.8, 4) is 11.1 Å². The molecule has 2 heterocycles. The fourth-order valence-corrected chi connectivity index (χ4v) is 3.04. The van der Waals surface area contributed by atoms with Gasteiger partial charge in [-0.15, -0.1) is 0 Å². The van der Waals surface area contributed by atoms with Gasteiger partial charge in [0.2, 0.25) is 5.91 Å². The lowest BCUT2D eigenvalue weighted by Crippen LogP contribution is -2.15. The highest BCUT2D eigenvalue weighted by Crippen LogP contribution is 2.34. The highest BCUT2D eigenvalue weighted by Gasteiger charge is 2.43. The molecule has 134 valence electrons. The number of fused-ring (bicyclic) bond motifs is 1. The molecule has 0 saturated heterocycles. The minimum atomic E-state index is -1.07. The summed E-state index contributed by atoms with van der Waals surface area (Å²) >= 11 is 0. The SMILES string of the molecule is O=C(Nc1cn2cc(-c3cccc(F)c3CC[18F])ccc2n1)[C@@H]1C[C@@H]1F. The topological polar surface area (TPSA) is 46.4 Å².